The summed E-state index contributed by atoms with van der Waals surface area (Å²) in [5.74, 6) is 0.637. The van der Waals surface area contributed by atoms with Gasteiger partial charge in [-0.25, -0.2) is 0 Å². The molecular formula is C14H24N2O2. The Labute approximate surface area is 109 Å². The number of nitrogens with zero attached hydrogens (tertiary/aromatic N) is 2. The smallest absolute Gasteiger partial charge is 0.0584 e. The maximum absolute atomic E-state index is 10.1. The Morgan fingerprint density at radius 1 is 1.50 bits per heavy atom. The Hall–Kier alpha value is -0.870. The van der Waals surface area contributed by atoms with Crippen LogP contribution >= 0.6 is 0 Å². The lowest BCUT2D eigenvalue weighted by atomic mass is 9.78. The van der Waals surface area contributed by atoms with E-state index in [9.17, 15) is 5.11 Å². The second-order valence-corrected chi connectivity index (χ2v) is 5.21. The van der Waals surface area contributed by atoms with Gasteiger partial charge in [0.2, 0.25) is 0 Å². The molecule has 1 N–H and O–H groups in total. The van der Waals surface area contributed by atoms with Crippen LogP contribution in [0.3, 0.4) is 0 Å². The number of rotatable bonds is 7. The highest BCUT2D eigenvalue weighted by Crippen LogP contribution is 2.33. The van der Waals surface area contributed by atoms with E-state index < -0.39 is 0 Å². The van der Waals surface area contributed by atoms with Crippen molar-refractivity contribution in [1.82, 2.24) is 9.78 Å². The van der Waals surface area contributed by atoms with Gasteiger partial charge in [-0.2, -0.15) is 5.10 Å². The first-order valence-electron chi connectivity index (χ1n) is 7.02. The molecule has 4 heteroatoms. The van der Waals surface area contributed by atoms with E-state index in [1.165, 1.54) is 0 Å². The van der Waals surface area contributed by atoms with Gasteiger partial charge in [0, 0.05) is 25.8 Å². The second kappa shape index (κ2) is 6.34. The van der Waals surface area contributed by atoms with Gasteiger partial charge in [0.15, 0.2) is 0 Å². The van der Waals surface area contributed by atoms with Crippen molar-refractivity contribution >= 4 is 0 Å². The number of aromatic nitrogens is 2. The zero-order valence-electron chi connectivity index (χ0n) is 11.4. The van der Waals surface area contributed by atoms with Crippen LogP contribution in [0.5, 0.6) is 0 Å². The van der Waals surface area contributed by atoms with Crippen LogP contribution in [0.1, 0.15) is 38.7 Å². The fraction of sp³-hybridized carbons (Fsp3) is 0.786. The third-order valence-corrected chi connectivity index (χ3v) is 3.68. The summed E-state index contributed by atoms with van der Waals surface area (Å²) in [7, 11) is 0. The molecule has 102 valence electrons. The third-order valence-electron chi connectivity index (χ3n) is 3.68. The van der Waals surface area contributed by atoms with Crippen molar-refractivity contribution in [2.24, 2.45) is 5.92 Å². The molecule has 0 radical (unpaired) electrons. The molecule has 0 bridgehead atoms. The van der Waals surface area contributed by atoms with Crippen LogP contribution in [0.2, 0.25) is 0 Å². The minimum atomic E-state index is -0.243. The summed E-state index contributed by atoms with van der Waals surface area (Å²) in [5.41, 5.74) is 1.13. The Kier molecular flexibility index (Phi) is 4.78. The summed E-state index contributed by atoms with van der Waals surface area (Å²) in [6.45, 7) is 5.79. The minimum absolute atomic E-state index is 0.243. The van der Waals surface area contributed by atoms with Gasteiger partial charge >= 0.3 is 0 Å². The van der Waals surface area contributed by atoms with E-state index in [4.69, 9.17) is 4.74 Å². The normalized spacial score (nSPS) is 24.8. The van der Waals surface area contributed by atoms with E-state index in [0.29, 0.717) is 12.0 Å². The van der Waals surface area contributed by atoms with Gasteiger partial charge in [-0.05, 0) is 44.6 Å². The molecule has 1 aliphatic carbocycles. The van der Waals surface area contributed by atoms with Crippen molar-refractivity contribution in [2.45, 2.75) is 58.3 Å². The Balaban J connectivity index is 1.68. The maximum Gasteiger partial charge on any atom is 0.0584 e. The van der Waals surface area contributed by atoms with Crippen molar-refractivity contribution < 1.29 is 9.84 Å². The SMILES string of the molecule is CCOC1CC(CC(O)Cc2cnn(CC)c2)C1. The van der Waals surface area contributed by atoms with Crippen molar-refractivity contribution in [3.8, 4) is 0 Å². The zero-order valence-corrected chi connectivity index (χ0v) is 11.4. The summed E-state index contributed by atoms with van der Waals surface area (Å²) in [5, 5.41) is 14.3. The largest absolute Gasteiger partial charge is 0.393 e. The fourth-order valence-electron chi connectivity index (χ4n) is 2.66. The van der Waals surface area contributed by atoms with Crippen LogP contribution < -0.4 is 0 Å². The van der Waals surface area contributed by atoms with E-state index in [-0.39, 0.29) is 6.10 Å². The minimum Gasteiger partial charge on any atom is -0.393 e. The van der Waals surface area contributed by atoms with Gasteiger partial charge in [0.1, 0.15) is 0 Å². The van der Waals surface area contributed by atoms with E-state index >= 15 is 0 Å². The monoisotopic (exact) mass is 252 g/mol. The lowest BCUT2D eigenvalue weighted by molar-refractivity contribution is -0.0375. The maximum atomic E-state index is 10.1. The first-order valence-corrected chi connectivity index (χ1v) is 7.02. The summed E-state index contributed by atoms with van der Waals surface area (Å²) < 4.78 is 7.43. The van der Waals surface area contributed by atoms with Crippen LogP contribution in [0.4, 0.5) is 0 Å². The molecule has 4 nitrogen and oxygen atoms in total. The van der Waals surface area contributed by atoms with E-state index in [0.717, 1.165) is 44.4 Å². The highest BCUT2D eigenvalue weighted by atomic mass is 16.5. The molecule has 1 aromatic heterocycles. The van der Waals surface area contributed by atoms with Crippen molar-refractivity contribution in [3.05, 3.63) is 18.0 Å². The number of aliphatic hydroxyl groups is 1. The Morgan fingerprint density at radius 3 is 2.89 bits per heavy atom. The molecule has 1 fully saturated rings. The molecule has 0 amide bonds. The average Bonchev–Trinajstić information content (AvgIpc) is 2.74. The van der Waals surface area contributed by atoms with Crippen LogP contribution in [0, 0.1) is 5.92 Å². The molecule has 0 aliphatic heterocycles. The summed E-state index contributed by atoms with van der Waals surface area (Å²) in [4.78, 5) is 0. The van der Waals surface area contributed by atoms with E-state index in [2.05, 4.69) is 12.0 Å². The van der Waals surface area contributed by atoms with E-state index in [1.54, 1.807) is 0 Å². The quantitative estimate of drug-likeness (QED) is 0.807. The average molecular weight is 252 g/mol. The van der Waals surface area contributed by atoms with Crippen molar-refractivity contribution in [1.29, 1.82) is 0 Å². The lowest BCUT2D eigenvalue weighted by Crippen LogP contribution is -2.34. The summed E-state index contributed by atoms with van der Waals surface area (Å²) >= 11 is 0. The van der Waals surface area contributed by atoms with E-state index in [1.807, 2.05) is 24.0 Å². The second-order valence-electron chi connectivity index (χ2n) is 5.21. The van der Waals surface area contributed by atoms with Gasteiger partial charge in [0.05, 0.1) is 18.4 Å². The standard InChI is InChI=1S/C14H24N2O2/c1-3-16-10-12(9-15-16)6-13(17)5-11-7-14(8-11)18-4-2/h9-11,13-14,17H,3-8H2,1-2H3. The first kappa shape index (κ1) is 13.6. The number of aliphatic hydroxyl groups excluding tert-OH is 1. The molecule has 1 aromatic rings. The van der Waals surface area contributed by atoms with Gasteiger partial charge in [0.25, 0.3) is 0 Å². The lowest BCUT2D eigenvalue weighted by Gasteiger charge is -2.36. The molecule has 0 spiro atoms. The number of hydrogen-bond donors (Lipinski definition) is 1. The van der Waals surface area contributed by atoms with Crippen LogP contribution in [0.25, 0.3) is 0 Å². The predicted octanol–water partition coefficient (Wildman–Crippen LogP) is 2.01. The fourth-order valence-corrected chi connectivity index (χ4v) is 2.66. The molecule has 2 rings (SSSR count). The van der Waals surface area contributed by atoms with Crippen LogP contribution in [0.15, 0.2) is 12.4 Å². The van der Waals surface area contributed by atoms with Crippen LogP contribution in [-0.2, 0) is 17.7 Å². The Morgan fingerprint density at radius 2 is 2.28 bits per heavy atom. The molecule has 18 heavy (non-hydrogen) atoms. The molecule has 1 aliphatic rings. The highest BCUT2D eigenvalue weighted by molar-refractivity contribution is 5.05. The molecule has 0 aromatic carbocycles. The topological polar surface area (TPSA) is 47.3 Å². The van der Waals surface area contributed by atoms with Gasteiger partial charge in [-0.15, -0.1) is 0 Å². The first-order chi connectivity index (χ1) is 8.71. The molecule has 1 heterocycles. The van der Waals surface area contributed by atoms with Gasteiger partial charge in [-0.1, -0.05) is 0 Å². The molecule has 1 atom stereocenters. The molecule has 1 saturated carbocycles. The third kappa shape index (κ3) is 3.56. The predicted molar refractivity (Wildman–Crippen MR) is 70.4 cm³/mol. The Bertz CT molecular complexity index is 358. The summed E-state index contributed by atoms with van der Waals surface area (Å²) in [6, 6.07) is 0. The molecule has 0 saturated heterocycles. The van der Waals surface area contributed by atoms with Crippen molar-refractivity contribution in [3.63, 3.8) is 0 Å². The number of aryl methyl sites for hydroxylation is 1. The molecular weight excluding hydrogens is 228 g/mol. The zero-order chi connectivity index (χ0) is 13.0. The van der Waals surface area contributed by atoms with Crippen molar-refractivity contribution in [2.75, 3.05) is 6.61 Å². The van der Waals surface area contributed by atoms with Crippen LogP contribution in [-0.4, -0.2) is 33.7 Å². The number of ether oxygens (including phenoxy) is 1. The van der Waals surface area contributed by atoms with Gasteiger partial charge in [-0.3, -0.25) is 4.68 Å². The highest BCUT2D eigenvalue weighted by Gasteiger charge is 2.30. The summed E-state index contributed by atoms with van der Waals surface area (Å²) in [6.07, 6.45) is 7.90. The molecule has 1 unspecified atom stereocenters. The number of hydrogen-bond acceptors (Lipinski definition) is 3. The van der Waals surface area contributed by atoms with Gasteiger partial charge < -0.3 is 9.84 Å².